The fourth-order valence-corrected chi connectivity index (χ4v) is 3.74. The first-order valence-corrected chi connectivity index (χ1v) is 6.00. The number of hydrogen-bond acceptors (Lipinski definition) is 1. The molecule has 0 aromatic rings. The molecule has 2 heteroatoms. The van der Waals surface area contributed by atoms with Crippen LogP contribution in [0, 0.1) is 10.8 Å². The van der Waals surface area contributed by atoms with Crippen molar-refractivity contribution in [2.24, 2.45) is 10.8 Å². The van der Waals surface area contributed by atoms with Gasteiger partial charge in [0.2, 0.25) is 0 Å². The molecular weight excluding hydrogens is 219 g/mol. The van der Waals surface area contributed by atoms with Crippen molar-refractivity contribution in [3.63, 3.8) is 0 Å². The van der Waals surface area contributed by atoms with Gasteiger partial charge >= 0.3 is 81.8 Å². The van der Waals surface area contributed by atoms with E-state index in [0.29, 0.717) is 10.8 Å². The molecule has 64 valence electrons. The summed E-state index contributed by atoms with van der Waals surface area (Å²) in [6, 6.07) is 0. The molecule has 0 amide bonds. The molecule has 0 aliphatic carbocycles. The van der Waals surface area contributed by atoms with Crippen LogP contribution >= 0.6 is 11.8 Å². The van der Waals surface area contributed by atoms with Gasteiger partial charge in [-0.3, -0.25) is 0 Å². The van der Waals surface area contributed by atoms with Crippen LogP contribution < -0.4 is 0 Å². The fraction of sp³-hybridized carbons (Fsp3) is 0.889. The molecule has 1 rings (SSSR count). The zero-order valence-corrected chi connectivity index (χ0v) is 10.3. The van der Waals surface area contributed by atoms with E-state index >= 15 is 0 Å². The SMILES string of the molecule is CC1(C)CSCC(C)(C)C1=[Se]. The van der Waals surface area contributed by atoms with Gasteiger partial charge in [0.25, 0.3) is 0 Å². The predicted molar refractivity (Wildman–Crippen MR) is 55.6 cm³/mol. The Bertz CT molecular complexity index is 164. The molecule has 0 radical (unpaired) electrons. The van der Waals surface area contributed by atoms with E-state index in [0.717, 1.165) is 0 Å². The van der Waals surface area contributed by atoms with Crippen molar-refractivity contribution in [2.45, 2.75) is 27.7 Å². The van der Waals surface area contributed by atoms with Gasteiger partial charge in [-0.2, -0.15) is 0 Å². The molecule has 0 saturated carbocycles. The van der Waals surface area contributed by atoms with Gasteiger partial charge in [-0.1, -0.05) is 0 Å². The molecule has 1 aliphatic heterocycles. The Morgan fingerprint density at radius 3 is 1.73 bits per heavy atom. The van der Waals surface area contributed by atoms with E-state index in [-0.39, 0.29) is 0 Å². The van der Waals surface area contributed by atoms with Gasteiger partial charge in [0, 0.05) is 0 Å². The van der Waals surface area contributed by atoms with Crippen LogP contribution in [0.4, 0.5) is 0 Å². The number of thioether (sulfide) groups is 1. The summed E-state index contributed by atoms with van der Waals surface area (Å²) in [4.78, 5) is 0. The molecule has 1 heterocycles. The monoisotopic (exact) mass is 236 g/mol. The molecule has 0 spiro atoms. The minimum absolute atomic E-state index is 0.395. The molecular formula is C9H16SSe. The Morgan fingerprint density at radius 2 is 1.45 bits per heavy atom. The van der Waals surface area contributed by atoms with Gasteiger partial charge < -0.3 is 0 Å². The summed E-state index contributed by atoms with van der Waals surface area (Å²) in [5.74, 6) is 2.53. The van der Waals surface area contributed by atoms with Crippen LogP contribution in [0.15, 0.2) is 0 Å². The van der Waals surface area contributed by atoms with Crippen LogP contribution in [0.2, 0.25) is 0 Å². The molecule has 0 nitrogen and oxygen atoms in total. The van der Waals surface area contributed by atoms with Crippen LogP contribution in [0.1, 0.15) is 27.7 Å². The predicted octanol–water partition coefficient (Wildman–Crippen LogP) is 2.13. The van der Waals surface area contributed by atoms with Crippen molar-refractivity contribution in [2.75, 3.05) is 11.5 Å². The molecule has 0 aromatic heterocycles. The second-order valence-corrected chi connectivity index (χ2v) is 6.43. The Hall–Kier alpha value is 0.739. The van der Waals surface area contributed by atoms with Gasteiger partial charge in [-0.05, 0) is 0 Å². The Labute approximate surface area is 81.9 Å². The Balaban J connectivity index is 2.85. The molecule has 0 unspecified atom stereocenters. The molecule has 1 aliphatic rings. The summed E-state index contributed by atoms with van der Waals surface area (Å²) in [5.41, 5.74) is 0.791. The Morgan fingerprint density at radius 1 is 1.09 bits per heavy atom. The van der Waals surface area contributed by atoms with Crippen molar-refractivity contribution in [1.82, 2.24) is 0 Å². The zero-order chi connectivity index (χ0) is 8.70. The first kappa shape index (κ1) is 9.82. The van der Waals surface area contributed by atoms with E-state index in [1.165, 1.54) is 11.5 Å². The van der Waals surface area contributed by atoms with E-state index < -0.39 is 0 Å². The molecule has 0 atom stereocenters. The summed E-state index contributed by atoms with van der Waals surface area (Å²) in [6.45, 7) is 9.30. The van der Waals surface area contributed by atoms with Gasteiger partial charge in [0.15, 0.2) is 0 Å². The fourth-order valence-electron chi connectivity index (χ4n) is 1.61. The van der Waals surface area contributed by atoms with E-state index in [1.807, 2.05) is 0 Å². The maximum atomic E-state index is 3.26. The summed E-state index contributed by atoms with van der Waals surface area (Å²) < 4.78 is 1.55. The van der Waals surface area contributed by atoms with E-state index in [4.69, 9.17) is 0 Å². The molecule has 0 N–H and O–H groups in total. The molecule has 1 saturated heterocycles. The first-order valence-electron chi connectivity index (χ1n) is 3.99. The number of hydrogen-bond donors (Lipinski definition) is 0. The van der Waals surface area contributed by atoms with Crippen LogP contribution in [-0.2, 0) is 0 Å². The summed E-state index contributed by atoms with van der Waals surface area (Å²) in [7, 11) is 0. The summed E-state index contributed by atoms with van der Waals surface area (Å²) >= 11 is 5.33. The van der Waals surface area contributed by atoms with Gasteiger partial charge in [-0.25, -0.2) is 0 Å². The van der Waals surface area contributed by atoms with E-state index in [9.17, 15) is 0 Å². The molecule has 11 heavy (non-hydrogen) atoms. The van der Waals surface area contributed by atoms with Gasteiger partial charge in [0.1, 0.15) is 0 Å². The van der Waals surface area contributed by atoms with Gasteiger partial charge in [-0.15, -0.1) is 0 Å². The summed E-state index contributed by atoms with van der Waals surface area (Å²) in [5, 5.41) is 0. The maximum absolute atomic E-state index is 3.26. The zero-order valence-electron chi connectivity index (χ0n) is 7.73. The standard InChI is InChI=1S/C9H16SSe/c1-8(2)5-10-6-9(3,4)7(8)11/h5-6H2,1-4H3. The van der Waals surface area contributed by atoms with Crippen molar-refractivity contribution < 1.29 is 0 Å². The van der Waals surface area contributed by atoms with Crippen molar-refractivity contribution in [1.29, 1.82) is 0 Å². The first-order chi connectivity index (χ1) is 4.86. The number of rotatable bonds is 0. The molecule has 0 aromatic carbocycles. The van der Waals surface area contributed by atoms with Crippen LogP contribution in [0.3, 0.4) is 0 Å². The average Bonchev–Trinajstić information content (AvgIpc) is 1.82. The van der Waals surface area contributed by atoms with Crippen LogP contribution in [-0.4, -0.2) is 31.5 Å². The minimum atomic E-state index is 0.395. The van der Waals surface area contributed by atoms with E-state index in [2.05, 4.69) is 55.0 Å². The van der Waals surface area contributed by atoms with Gasteiger partial charge in [0.05, 0.1) is 0 Å². The van der Waals surface area contributed by atoms with Crippen molar-refractivity contribution in [3.8, 4) is 0 Å². The van der Waals surface area contributed by atoms with Crippen LogP contribution in [0.25, 0.3) is 0 Å². The average molecular weight is 235 g/mol. The van der Waals surface area contributed by atoms with Crippen molar-refractivity contribution in [3.05, 3.63) is 0 Å². The molecule has 0 bridgehead atoms. The Kier molecular flexibility index (Phi) is 2.59. The second-order valence-electron chi connectivity index (χ2n) is 4.59. The summed E-state index contributed by atoms with van der Waals surface area (Å²) in [6.07, 6.45) is 0. The second kappa shape index (κ2) is 2.90. The molecule has 1 fully saturated rings. The quantitative estimate of drug-likeness (QED) is 0.580. The third kappa shape index (κ3) is 1.91. The van der Waals surface area contributed by atoms with Crippen LogP contribution in [0.5, 0.6) is 0 Å². The van der Waals surface area contributed by atoms with E-state index in [1.54, 1.807) is 4.42 Å². The normalized spacial score (nSPS) is 28.5. The third-order valence-corrected chi connectivity index (χ3v) is 6.33. The van der Waals surface area contributed by atoms with Crippen molar-refractivity contribution >= 4 is 31.8 Å². The third-order valence-electron chi connectivity index (χ3n) is 2.16. The topological polar surface area (TPSA) is 0 Å².